The third kappa shape index (κ3) is 4.52. The van der Waals surface area contributed by atoms with Crippen molar-refractivity contribution >= 4 is 28.7 Å². The molecule has 2 heterocycles. The number of oxazole rings is 1. The molecule has 3 aromatic carbocycles. The Hall–Kier alpha value is -3.71. The zero-order valence-electron chi connectivity index (χ0n) is 19.1. The zero-order chi connectivity index (χ0) is 23.5. The summed E-state index contributed by atoms with van der Waals surface area (Å²) in [6.45, 7) is 5.74. The Bertz CT molecular complexity index is 1400. The van der Waals surface area contributed by atoms with Crippen molar-refractivity contribution in [1.29, 1.82) is 0 Å². The molecule has 8 heteroatoms. The molecule has 0 radical (unpaired) electrons. The number of H-pyrrole nitrogens is 1. The zero-order valence-corrected chi connectivity index (χ0v) is 19.9. The van der Waals surface area contributed by atoms with Crippen LogP contribution in [0.2, 0.25) is 5.02 Å². The Morgan fingerprint density at radius 3 is 2.56 bits per heavy atom. The van der Waals surface area contributed by atoms with E-state index in [0.717, 1.165) is 52.7 Å². The third-order valence-electron chi connectivity index (χ3n) is 5.83. The second kappa shape index (κ2) is 9.65. The number of aryl methyl sites for hydroxylation is 1. The topological polar surface area (TPSA) is 83.7 Å². The minimum Gasteiger partial charge on any atom is -0.423 e. The van der Waals surface area contributed by atoms with Gasteiger partial charge >= 0.3 is 0 Å². The highest BCUT2D eigenvalue weighted by atomic mass is 35.5. The van der Waals surface area contributed by atoms with Crippen LogP contribution in [0.1, 0.15) is 30.9 Å². The fraction of sp³-hybridized carbons (Fsp3) is 0.231. The second-order valence-corrected chi connectivity index (χ2v) is 8.76. The lowest BCUT2D eigenvalue weighted by Crippen LogP contribution is -2.24. The molecule has 2 aromatic heterocycles. The summed E-state index contributed by atoms with van der Waals surface area (Å²) in [6, 6.07) is 21.0. The first-order valence-corrected chi connectivity index (χ1v) is 11.7. The number of aromatic nitrogens is 5. The first kappa shape index (κ1) is 22.1. The van der Waals surface area contributed by atoms with Crippen molar-refractivity contribution < 1.29 is 4.42 Å². The summed E-state index contributed by atoms with van der Waals surface area (Å²) < 4.78 is 6.17. The van der Waals surface area contributed by atoms with Crippen molar-refractivity contribution in [3.63, 3.8) is 0 Å². The predicted octanol–water partition coefficient (Wildman–Crippen LogP) is 6.44. The van der Waals surface area contributed by atoms with Crippen LogP contribution < -0.4 is 4.90 Å². The van der Waals surface area contributed by atoms with Gasteiger partial charge in [0.1, 0.15) is 5.52 Å². The van der Waals surface area contributed by atoms with Gasteiger partial charge in [-0.15, -0.1) is 10.2 Å². The molecular formula is C26H25ClN6O. The summed E-state index contributed by atoms with van der Waals surface area (Å²) >= 11 is 6.23. The Balaban J connectivity index is 1.42. The number of aromatic amines is 1. The molecule has 5 rings (SSSR count). The molecule has 0 aliphatic heterocycles. The van der Waals surface area contributed by atoms with Crippen molar-refractivity contribution in [2.75, 3.05) is 11.4 Å². The smallest absolute Gasteiger partial charge is 0.298 e. The number of rotatable bonds is 8. The molecule has 5 aromatic rings. The lowest BCUT2D eigenvalue weighted by Gasteiger charge is -2.20. The van der Waals surface area contributed by atoms with E-state index in [1.54, 1.807) is 0 Å². The van der Waals surface area contributed by atoms with Crippen molar-refractivity contribution in [3.8, 4) is 22.5 Å². The first-order chi connectivity index (χ1) is 16.6. The fourth-order valence-electron chi connectivity index (χ4n) is 4.09. The lowest BCUT2D eigenvalue weighted by molar-refractivity contribution is 0.554. The van der Waals surface area contributed by atoms with Crippen LogP contribution in [0.25, 0.3) is 33.6 Å². The van der Waals surface area contributed by atoms with Crippen LogP contribution >= 0.6 is 11.6 Å². The van der Waals surface area contributed by atoms with Gasteiger partial charge in [0, 0.05) is 23.7 Å². The Kier molecular flexibility index (Phi) is 6.27. The maximum absolute atomic E-state index is 6.23. The number of hydrogen-bond donors (Lipinski definition) is 1. The van der Waals surface area contributed by atoms with Crippen LogP contribution in [0.15, 0.2) is 65.1 Å². The van der Waals surface area contributed by atoms with Crippen molar-refractivity contribution in [1.82, 2.24) is 25.6 Å². The number of benzene rings is 3. The van der Waals surface area contributed by atoms with Gasteiger partial charge in [-0.05, 0) is 52.9 Å². The van der Waals surface area contributed by atoms with Crippen LogP contribution in [0.4, 0.5) is 6.01 Å². The molecule has 0 unspecified atom stereocenters. The molecular weight excluding hydrogens is 448 g/mol. The summed E-state index contributed by atoms with van der Waals surface area (Å²) in [6.07, 6.45) is 2.14. The van der Waals surface area contributed by atoms with Crippen molar-refractivity contribution in [3.05, 3.63) is 76.8 Å². The molecule has 7 nitrogen and oxygen atoms in total. The molecule has 34 heavy (non-hydrogen) atoms. The molecule has 0 amide bonds. The molecule has 0 aliphatic rings. The van der Waals surface area contributed by atoms with Gasteiger partial charge in [-0.2, -0.15) is 10.2 Å². The summed E-state index contributed by atoms with van der Waals surface area (Å²) in [7, 11) is 0. The molecule has 0 saturated carbocycles. The van der Waals surface area contributed by atoms with E-state index >= 15 is 0 Å². The van der Waals surface area contributed by atoms with E-state index in [9.17, 15) is 0 Å². The summed E-state index contributed by atoms with van der Waals surface area (Å²) in [5, 5.41) is 15.2. The lowest BCUT2D eigenvalue weighted by atomic mass is 9.98. The standard InChI is InChI=1S/C26H25ClN6O/c1-3-4-13-33(26-28-23-15-20(27)14-17(2)24(23)34-26)16-18-9-11-19(12-10-18)21-7-5-6-8-22(21)25-29-31-32-30-25/h5-12,14-15H,3-4,13,16H2,1-2H3,(H,29,30,31,32). The van der Waals surface area contributed by atoms with Gasteiger partial charge < -0.3 is 9.32 Å². The van der Waals surface area contributed by atoms with Crippen molar-refractivity contribution in [2.24, 2.45) is 0 Å². The first-order valence-electron chi connectivity index (χ1n) is 11.4. The second-order valence-electron chi connectivity index (χ2n) is 8.32. The van der Waals surface area contributed by atoms with Gasteiger partial charge in [0.05, 0.1) is 0 Å². The molecule has 0 aliphatic carbocycles. The minimum absolute atomic E-state index is 0.580. The molecule has 0 atom stereocenters. The maximum atomic E-state index is 6.23. The van der Waals surface area contributed by atoms with Crippen LogP contribution in [0.5, 0.6) is 0 Å². The van der Waals surface area contributed by atoms with Crippen LogP contribution in [0.3, 0.4) is 0 Å². The van der Waals surface area contributed by atoms with Gasteiger partial charge in [-0.25, -0.2) is 0 Å². The molecule has 0 saturated heterocycles. The largest absolute Gasteiger partial charge is 0.423 e. The number of unbranched alkanes of at least 4 members (excludes halogenated alkanes) is 1. The quantitative estimate of drug-likeness (QED) is 0.279. The Morgan fingerprint density at radius 1 is 1.03 bits per heavy atom. The van der Waals surface area contributed by atoms with E-state index in [1.807, 2.05) is 37.3 Å². The predicted molar refractivity (Wildman–Crippen MR) is 135 cm³/mol. The van der Waals surface area contributed by atoms with Crippen LogP contribution in [0, 0.1) is 6.92 Å². The Morgan fingerprint density at radius 2 is 1.82 bits per heavy atom. The molecule has 172 valence electrons. The number of fused-ring (bicyclic) bond motifs is 1. The monoisotopic (exact) mass is 472 g/mol. The maximum Gasteiger partial charge on any atom is 0.298 e. The van der Waals surface area contributed by atoms with Crippen LogP contribution in [-0.4, -0.2) is 32.2 Å². The summed E-state index contributed by atoms with van der Waals surface area (Å²) in [5.41, 5.74) is 6.83. The van der Waals surface area contributed by atoms with Gasteiger partial charge in [-0.3, -0.25) is 0 Å². The number of hydrogen-bond acceptors (Lipinski definition) is 6. The SMILES string of the molecule is CCCCN(Cc1ccc(-c2ccccc2-c2nn[nH]n2)cc1)c1nc2cc(Cl)cc(C)c2o1. The van der Waals surface area contributed by atoms with Gasteiger partial charge in [0.15, 0.2) is 5.58 Å². The average Bonchev–Trinajstić information content (AvgIpc) is 3.53. The number of anilines is 1. The van der Waals surface area contributed by atoms with E-state index in [4.69, 9.17) is 21.0 Å². The number of nitrogens with one attached hydrogen (secondary N) is 1. The highest BCUT2D eigenvalue weighted by molar-refractivity contribution is 6.31. The highest BCUT2D eigenvalue weighted by Gasteiger charge is 2.17. The number of nitrogens with zero attached hydrogens (tertiary/aromatic N) is 5. The molecule has 1 N–H and O–H groups in total. The fourth-order valence-corrected chi connectivity index (χ4v) is 4.35. The summed E-state index contributed by atoms with van der Waals surface area (Å²) in [4.78, 5) is 6.93. The number of halogens is 1. The normalized spacial score (nSPS) is 11.3. The Labute approximate surface area is 202 Å². The van der Waals surface area contributed by atoms with Gasteiger partial charge in [-0.1, -0.05) is 73.5 Å². The number of tetrazole rings is 1. The van der Waals surface area contributed by atoms with E-state index in [1.165, 1.54) is 5.56 Å². The molecule has 0 bridgehead atoms. The van der Waals surface area contributed by atoms with E-state index < -0.39 is 0 Å². The summed E-state index contributed by atoms with van der Waals surface area (Å²) in [5.74, 6) is 0.580. The average molecular weight is 473 g/mol. The van der Waals surface area contributed by atoms with Crippen molar-refractivity contribution in [2.45, 2.75) is 33.2 Å². The highest BCUT2D eigenvalue weighted by Crippen LogP contribution is 2.31. The van der Waals surface area contributed by atoms with Gasteiger partial charge in [0.25, 0.3) is 6.01 Å². The minimum atomic E-state index is 0.580. The molecule has 0 fully saturated rings. The molecule has 0 spiro atoms. The van der Waals surface area contributed by atoms with Crippen LogP contribution in [-0.2, 0) is 6.54 Å². The third-order valence-corrected chi connectivity index (χ3v) is 6.05. The van der Waals surface area contributed by atoms with E-state index in [0.29, 0.717) is 23.4 Å². The van der Waals surface area contributed by atoms with Gasteiger partial charge in [0.2, 0.25) is 5.82 Å². The van der Waals surface area contributed by atoms with E-state index in [2.05, 4.69) is 62.8 Å². The van der Waals surface area contributed by atoms with E-state index in [-0.39, 0.29) is 0 Å².